The highest BCUT2D eigenvalue weighted by Gasteiger charge is 2.36. The molecule has 1 aliphatic heterocycles. The van der Waals surface area contributed by atoms with Crippen molar-refractivity contribution in [3.63, 3.8) is 0 Å². The van der Waals surface area contributed by atoms with Crippen LogP contribution in [0.5, 0.6) is 5.75 Å². The molecule has 1 N–H and O–H groups in total. The Morgan fingerprint density at radius 3 is 2.21 bits per heavy atom. The predicted octanol–water partition coefficient (Wildman–Crippen LogP) is 5.59. The second-order valence-corrected chi connectivity index (χ2v) is 9.85. The zero-order valence-corrected chi connectivity index (χ0v) is 22.1. The first-order chi connectivity index (χ1) is 16.2. The van der Waals surface area contributed by atoms with Gasteiger partial charge in [-0.2, -0.15) is 0 Å². The molecule has 1 saturated heterocycles. The number of imide groups is 2. The molecule has 0 aliphatic carbocycles. The van der Waals surface area contributed by atoms with Crippen molar-refractivity contribution in [3.8, 4) is 5.75 Å². The normalized spacial score (nSPS) is 15.0. The fraction of sp³-hybridized carbons (Fsp3) is 0.0800. The summed E-state index contributed by atoms with van der Waals surface area (Å²) in [5.41, 5.74) is 2.64. The highest BCUT2D eigenvalue weighted by molar-refractivity contribution is 14.1. The molecule has 4 amide bonds. The molecular formula is C25H17FI2N2O4. The third-order valence-corrected chi connectivity index (χ3v) is 6.62. The fourth-order valence-electron chi connectivity index (χ4n) is 3.29. The molecule has 0 unspecified atom stereocenters. The Morgan fingerprint density at radius 2 is 1.59 bits per heavy atom. The van der Waals surface area contributed by atoms with Crippen LogP contribution in [0.2, 0.25) is 0 Å². The van der Waals surface area contributed by atoms with E-state index in [9.17, 15) is 18.8 Å². The molecule has 172 valence electrons. The number of halogens is 3. The van der Waals surface area contributed by atoms with Crippen LogP contribution in [0.1, 0.15) is 16.7 Å². The van der Waals surface area contributed by atoms with Gasteiger partial charge >= 0.3 is 6.03 Å². The van der Waals surface area contributed by atoms with Gasteiger partial charge in [-0.25, -0.2) is 14.1 Å². The minimum Gasteiger partial charge on any atom is -0.487 e. The number of nitrogens with one attached hydrogen (secondary N) is 1. The lowest BCUT2D eigenvalue weighted by atomic mass is 10.1. The Bertz CT molecular complexity index is 1300. The topological polar surface area (TPSA) is 75.7 Å². The van der Waals surface area contributed by atoms with Gasteiger partial charge in [0.1, 0.15) is 23.7 Å². The predicted molar refractivity (Wildman–Crippen MR) is 143 cm³/mol. The maximum Gasteiger partial charge on any atom is 0.335 e. The van der Waals surface area contributed by atoms with Gasteiger partial charge in [-0.3, -0.25) is 14.9 Å². The average Bonchev–Trinajstić information content (AvgIpc) is 2.78. The lowest BCUT2D eigenvalue weighted by Gasteiger charge is -2.26. The molecule has 6 nitrogen and oxygen atoms in total. The number of hydrogen-bond donors (Lipinski definition) is 1. The Morgan fingerprint density at radius 1 is 0.971 bits per heavy atom. The molecule has 0 radical (unpaired) electrons. The zero-order valence-electron chi connectivity index (χ0n) is 17.8. The van der Waals surface area contributed by atoms with Gasteiger partial charge in [0.2, 0.25) is 0 Å². The van der Waals surface area contributed by atoms with E-state index in [1.165, 1.54) is 18.2 Å². The molecule has 3 aromatic rings. The van der Waals surface area contributed by atoms with E-state index < -0.39 is 17.8 Å². The second-order valence-electron chi connectivity index (χ2n) is 7.52. The van der Waals surface area contributed by atoms with Crippen molar-refractivity contribution < 1.29 is 23.5 Å². The van der Waals surface area contributed by atoms with E-state index in [4.69, 9.17) is 4.74 Å². The van der Waals surface area contributed by atoms with Crippen molar-refractivity contribution in [2.24, 2.45) is 0 Å². The number of ether oxygens (including phenoxy) is 1. The highest BCUT2D eigenvalue weighted by atomic mass is 127. The van der Waals surface area contributed by atoms with Crippen LogP contribution < -0.4 is 15.0 Å². The van der Waals surface area contributed by atoms with Crippen molar-refractivity contribution in [1.82, 2.24) is 5.32 Å². The first kappa shape index (κ1) is 24.3. The van der Waals surface area contributed by atoms with Crippen LogP contribution in [0.4, 0.5) is 14.9 Å². The number of barbiturate groups is 1. The summed E-state index contributed by atoms with van der Waals surface area (Å²) in [6, 6.07) is 15.7. The van der Waals surface area contributed by atoms with E-state index in [2.05, 4.69) is 50.5 Å². The van der Waals surface area contributed by atoms with E-state index >= 15 is 0 Å². The fourth-order valence-corrected chi connectivity index (χ4v) is 5.42. The molecule has 3 aromatic carbocycles. The van der Waals surface area contributed by atoms with Gasteiger partial charge < -0.3 is 4.74 Å². The summed E-state index contributed by atoms with van der Waals surface area (Å²) in [7, 11) is 0. The first-order valence-corrected chi connectivity index (χ1v) is 12.2. The third-order valence-electron chi connectivity index (χ3n) is 5.02. The number of rotatable bonds is 5. The number of hydrogen-bond acceptors (Lipinski definition) is 4. The van der Waals surface area contributed by atoms with Crippen LogP contribution in [0, 0.1) is 19.9 Å². The van der Waals surface area contributed by atoms with Gasteiger partial charge in [-0.05, 0) is 106 Å². The smallest absolute Gasteiger partial charge is 0.335 e. The van der Waals surface area contributed by atoms with Gasteiger partial charge in [0.05, 0.1) is 12.8 Å². The quantitative estimate of drug-likeness (QED) is 0.217. The van der Waals surface area contributed by atoms with Crippen LogP contribution in [-0.2, 0) is 16.2 Å². The van der Waals surface area contributed by atoms with Crippen LogP contribution in [0.25, 0.3) is 6.08 Å². The summed E-state index contributed by atoms with van der Waals surface area (Å²) in [4.78, 5) is 38.9. The van der Waals surface area contributed by atoms with Crippen molar-refractivity contribution in [3.05, 3.63) is 95.9 Å². The van der Waals surface area contributed by atoms with Crippen molar-refractivity contribution in [2.45, 2.75) is 13.5 Å². The van der Waals surface area contributed by atoms with E-state index in [-0.39, 0.29) is 18.0 Å². The number of carbonyl (C=O) groups is 3. The van der Waals surface area contributed by atoms with Gasteiger partial charge in [0.25, 0.3) is 11.8 Å². The third kappa shape index (κ3) is 5.30. The van der Waals surface area contributed by atoms with E-state index in [1.807, 2.05) is 6.92 Å². The van der Waals surface area contributed by atoms with Gasteiger partial charge in [0.15, 0.2) is 0 Å². The molecule has 1 heterocycles. The minimum absolute atomic E-state index is 0.147. The van der Waals surface area contributed by atoms with E-state index in [1.54, 1.807) is 48.5 Å². The number of urea groups is 1. The first-order valence-electron chi connectivity index (χ1n) is 10.1. The van der Waals surface area contributed by atoms with Crippen LogP contribution in [0.15, 0.2) is 66.2 Å². The molecule has 1 aliphatic rings. The minimum atomic E-state index is -0.787. The molecule has 0 atom stereocenters. The van der Waals surface area contributed by atoms with Crippen molar-refractivity contribution in [1.29, 1.82) is 0 Å². The van der Waals surface area contributed by atoms with Crippen LogP contribution >= 0.6 is 45.2 Å². The molecule has 0 bridgehead atoms. The number of amides is 4. The van der Waals surface area contributed by atoms with Crippen LogP contribution in [0.3, 0.4) is 0 Å². The molecule has 0 aromatic heterocycles. The number of benzene rings is 3. The Hall–Kier alpha value is -2.80. The zero-order chi connectivity index (χ0) is 24.4. The molecular weight excluding hydrogens is 665 g/mol. The van der Waals surface area contributed by atoms with E-state index in [0.29, 0.717) is 17.0 Å². The standard InChI is InChI=1S/C25H17FI2N2O4/c1-14-2-8-18(9-3-14)30-24(32)19(23(31)29-25(30)33)10-16-11-20(27)22(21(28)12-16)34-13-15-4-6-17(26)7-5-15/h2-12H,13H2,1H3,(H,29,31,33)/b19-10+. The largest absolute Gasteiger partial charge is 0.487 e. The number of anilines is 1. The summed E-state index contributed by atoms with van der Waals surface area (Å²) in [5.74, 6) is -1.11. The summed E-state index contributed by atoms with van der Waals surface area (Å²) >= 11 is 4.23. The molecule has 9 heteroatoms. The van der Waals surface area contributed by atoms with Gasteiger partial charge in [0, 0.05) is 0 Å². The summed E-state index contributed by atoms with van der Waals surface area (Å²) in [5, 5.41) is 2.23. The number of carbonyl (C=O) groups excluding carboxylic acids is 3. The number of nitrogens with zero attached hydrogens (tertiary/aromatic N) is 1. The average molecular weight is 682 g/mol. The summed E-state index contributed by atoms with van der Waals surface area (Å²) in [6.45, 7) is 2.16. The molecule has 0 saturated carbocycles. The molecule has 0 spiro atoms. The summed E-state index contributed by atoms with van der Waals surface area (Å²) in [6.07, 6.45) is 1.46. The molecule has 34 heavy (non-hydrogen) atoms. The number of aryl methyl sites for hydroxylation is 1. The highest BCUT2D eigenvalue weighted by Crippen LogP contribution is 2.31. The maximum atomic E-state index is 13.1. The monoisotopic (exact) mass is 682 g/mol. The van der Waals surface area contributed by atoms with Gasteiger partial charge in [-0.1, -0.05) is 29.8 Å². The van der Waals surface area contributed by atoms with Crippen molar-refractivity contribution in [2.75, 3.05) is 4.90 Å². The Balaban J connectivity index is 1.60. The van der Waals surface area contributed by atoms with E-state index in [0.717, 1.165) is 23.2 Å². The lowest BCUT2D eigenvalue weighted by Crippen LogP contribution is -2.54. The SMILES string of the molecule is Cc1ccc(N2C(=O)NC(=O)/C(=C\c3cc(I)c(OCc4ccc(F)cc4)c(I)c3)C2=O)cc1. The van der Waals surface area contributed by atoms with Crippen LogP contribution in [-0.4, -0.2) is 17.8 Å². The second kappa shape index (κ2) is 10.2. The Kier molecular flexibility index (Phi) is 7.31. The lowest BCUT2D eigenvalue weighted by molar-refractivity contribution is -0.122. The van der Waals surface area contributed by atoms with Crippen molar-refractivity contribution >= 4 is 74.8 Å². The van der Waals surface area contributed by atoms with Gasteiger partial charge in [-0.15, -0.1) is 0 Å². The maximum absolute atomic E-state index is 13.1. The Labute approximate surface area is 222 Å². The molecule has 4 rings (SSSR count). The molecule has 1 fully saturated rings. The summed E-state index contributed by atoms with van der Waals surface area (Å²) < 4.78 is 20.6.